The number of anilines is 1. The van der Waals surface area contributed by atoms with Crippen LogP contribution in [0.3, 0.4) is 0 Å². The lowest BCUT2D eigenvalue weighted by Gasteiger charge is -2.09. The van der Waals surface area contributed by atoms with Crippen molar-refractivity contribution in [2.24, 2.45) is 0 Å². The Labute approximate surface area is 187 Å². The number of rotatable bonds is 7. The normalized spacial score (nSPS) is 11.1. The zero-order valence-electron chi connectivity index (χ0n) is 16.8. The molecule has 5 aromatic rings. The van der Waals surface area contributed by atoms with E-state index in [1.165, 1.54) is 0 Å². The molecule has 1 N–H and O–H groups in total. The van der Waals surface area contributed by atoms with E-state index in [-0.39, 0.29) is 0 Å². The van der Waals surface area contributed by atoms with Crippen molar-refractivity contribution in [3.63, 3.8) is 0 Å². The largest absolute Gasteiger partial charge is 0.377 e. The van der Waals surface area contributed by atoms with Crippen molar-refractivity contribution < 1.29 is 4.74 Å². The van der Waals surface area contributed by atoms with Gasteiger partial charge in [0.05, 0.1) is 11.9 Å². The van der Waals surface area contributed by atoms with Crippen LogP contribution in [-0.2, 0) is 17.9 Å². The van der Waals surface area contributed by atoms with E-state index >= 15 is 0 Å². The number of aromatic nitrogens is 4. The third-order valence-electron chi connectivity index (χ3n) is 4.73. The smallest absolute Gasteiger partial charge is 0.158 e. The van der Waals surface area contributed by atoms with Crippen molar-refractivity contribution in [1.29, 1.82) is 0 Å². The quantitative estimate of drug-likeness (QED) is 0.350. The minimum atomic E-state index is 0.361. The van der Waals surface area contributed by atoms with Crippen LogP contribution in [0, 0.1) is 0 Å². The maximum Gasteiger partial charge on any atom is 0.158 e. The van der Waals surface area contributed by atoms with E-state index < -0.39 is 0 Å². The summed E-state index contributed by atoms with van der Waals surface area (Å²) in [5.74, 6) is 1.44. The highest BCUT2D eigenvalue weighted by atomic mass is 32.1. The Morgan fingerprint density at radius 1 is 0.903 bits per heavy atom. The molecule has 0 aliphatic carbocycles. The molecule has 0 spiro atoms. The van der Waals surface area contributed by atoms with Gasteiger partial charge < -0.3 is 10.1 Å². The molecule has 0 saturated carbocycles. The number of thiophene rings is 1. The second-order valence-electron chi connectivity index (χ2n) is 6.84. The average Bonchev–Trinajstić information content (AvgIpc) is 3.46. The number of ether oxygens (including phenoxy) is 1. The summed E-state index contributed by atoms with van der Waals surface area (Å²) in [7, 11) is 1.65. The highest BCUT2D eigenvalue weighted by molar-refractivity contribution is 7.17. The summed E-state index contributed by atoms with van der Waals surface area (Å²) in [6.45, 7) is 0.896. The number of nitrogens with zero attached hydrogens (tertiary/aromatic N) is 4. The molecule has 0 aliphatic rings. The molecule has 0 unspecified atom stereocenters. The third kappa shape index (κ3) is 4.18. The fraction of sp³-hybridized carbons (Fsp3) is 0.130. The van der Waals surface area contributed by atoms with E-state index in [1.54, 1.807) is 29.8 Å². The summed E-state index contributed by atoms with van der Waals surface area (Å²) in [4.78, 5) is 10.4. The van der Waals surface area contributed by atoms with E-state index in [0.717, 1.165) is 42.7 Å². The Kier molecular flexibility index (Phi) is 5.66. The predicted molar refractivity (Wildman–Crippen MR) is 126 cm³/mol. The molecule has 0 saturated heterocycles. The Morgan fingerprint density at radius 2 is 1.65 bits per heavy atom. The van der Waals surface area contributed by atoms with Gasteiger partial charge in [-0.15, -0.1) is 21.5 Å². The standard InChI is InChI=1S/C23H19N5OS2/c1-29-13-18-25-21(20-17(14-30-23(20)26-18)15-8-4-2-5-9-15)24-12-19-27-28-22(31-19)16-10-6-3-7-11-16/h2-11,14H,12-13H2,1H3,(H,24,25,26). The fourth-order valence-electron chi connectivity index (χ4n) is 3.32. The molecule has 3 aromatic heterocycles. The fourth-order valence-corrected chi connectivity index (χ4v) is 5.07. The van der Waals surface area contributed by atoms with Gasteiger partial charge in [-0.25, -0.2) is 9.97 Å². The molecule has 0 radical (unpaired) electrons. The lowest BCUT2D eigenvalue weighted by Crippen LogP contribution is -2.06. The minimum Gasteiger partial charge on any atom is -0.377 e. The molecule has 2 aromatic carbocycles. The Bertz CT molecular complexity index is 1300. The summed E-state index contributed by atoms with van der Waals surface area (Å²) >= 11 is 3.19. The monoisotopic (exact) mass is 445 g/mol. The van der Waals surface area contributed by atoms with Crippen molar-refractivity contribution in [3.05, 3.63) is 76.9 Å². The second kappa shape index (κ2) is 8.89. The molecule has 0 aliphatic heterocycles. The highest BCUT2D eigenvalue weighted by Crippen LogP contribution is 2.37. The maximum absolute atomic E-state index is 5.27. The van der Waals surface area contributed by atoms with Crippen LogP contribution in [0.25, 0.3) is 31.9 Å². The zero-order valence-corrected chi connectivity index (χ0v) is 18.4. The van der Waals surface area contributed by atoms with E-state index in [2.05, 4.69) is 38.0 Å². The Morgan fingerprint density at radius 3 is 2.39 bits per heavy atom. The van der Waals surface area contributed by atoms with E-state index in [4.69, 9.17) is 9.72 Å². The predicted octanol–water partition coefficient (Wildman–Crippen LogP) is 5.64. The van der Waals surface area contributed by atoms with Crippen LogP contribution in [0.5, 0.6) is 0 Å². The molecule has 0 fully saturated rings. The minimum absolute atomic E-state index is 0.361. The number of methoxy groups -OCH3 is 1. The van der Waals surface area contributed by atoms with Crippen molar-refractivity contribution >= 4 is 38.7 Å². The third-order valence-corrected chi connectivity index (χ3v) is 6.58. The summed E-state index contributed by atoms with van der Waals surface area (Å²) in [6.07, 6.45) is 0. The van der Waals surface area contributed by atoms with Gasteiger partial charge in [-0.05, 0) is 5.56 Å². The SMILES string of the molecule is COCc1nc(NCc2nnc(-c3ccccc3)s2)c2c(-c3ccccc3)csc2n1. The summed E-state index contributed by atoms with van der Waals surface area (Å²) in [5.41, 5.74) is 3.33. The molecule has 0 amide bonds. The van der Waals surface area contributed by atoms with Gasteiger partial charge in [-0.3, -0.25) is 0 Å². The lowest BCUT2D eigenvalue weighted by molar-refractivity contribution is 0.178. The summed E-state index contributed by atoms with van der Waals surface area (Å²) < 4.78 is 5.27. The average molecular weight is 446 g/mol. The van der Waals surface area contributed by atoms with Crippen molar-refractivity contribution in [1.82, 2.24) is 20.2 Å². The van der Waals surface area contributed by atoms with Crippen LogP contribution in [-0.4, -0.2) is 27.3 Å². The number of fused-ring (bicyclic) bond motifs is 1. The molecule has 31 heavy (non-hydrogen) atoms. The van der Waals surface area contributed by atoms with Gasteiger partial charge >= 0.3 is 0 Å². The lowest BCUT2D eigenvalue weighted by atomic mass is 10.1. The molecule has 0 bridgehead atoms. The van der Waals surface area contributed by atoms with Crippen molar-refractivity contribution in [2.45, 2.75) is 13.2 Å². The van der Waals surface area contributed by atoms with Gasteiger partial charge in [0.2, 0.25) is 0 Å². The first kappa shape index (κ1) is 19.7. The van der Waals surface area contributed by atoms with Crippen LogP contribution in [0.1, 0.15) is 10.8 Å². The number of hydrogen-bond donors (Lipinski definition) is 1. The number of hydrogen-bond acceptors (Lipinski definition) is 8. The zero-order chi connectivity index (χ0) is 21.0. The van der Waals surface area contributed by atoms with Gasteiger partial charge in [0.15, 0.2) is 5.82 Å². The van der Waals surface area contributed by atoms with Crippen LogP contribution in [0.15, 0.2) is 66.0 Å². The summed E-state index contributed by atoms with van der Waals surface area (Å²) in [5, 5.41) is 17.1. The molecule has 6 nitrogen and oxygen atoms in total. The molecule has 3 heterocycles. The molecule has 154 valence electrons. The van der Waals surface area contributed by atoms with Crippen molar-refractivity contribution in [3.8, 4) is 21.7 Å². The van der Waals surface area contributed by atoms with E-state index in [1.807, 2.05) is 48.5 Å². The topological polar surface area (TPSA) is 72.8 Å². The van der Waals surface area contributed by atoms with Gasteiger partial charge in [-0.2, -0.15) is 0 Å². The first-order valence-electron chi connectivity index (χ1n) is 9.76. The van der Waals surface area contributed by atoms with E-state index in [9.17, 15) is 0 Å². The highest BCUT2D eigenvalue weighted by Gasteiger charge is 2.16. The van der Waals surface area contributed by atoms with Crippen molar-refractivity contribution in [2.75, 3.05) is 12.4 Å². The summed E-state index contributed by atoms with van der Waals surface area (Å²) in [6, 6.07) is 20.4. The first-order chi connectivity index (χ1) is 15.3. The van der Waals surface area contributed by atoms with Gasteiger partial charge in [0.1, 0.15) is 27.3 Å². The maximum atomic E-state index is 5.27. The van der Waals surface area contributed by atoms with Gasteiger partial charge in [-0.1, -0.05) is 72.0 Å². The van der Waals surface area contributed by atoms with E-state index in [0.29, 0.717) is 19.0 Å². The molecule has 8 heteroatoms. The van der Waals surface area contributed by atoms with Gasteiger partial charge in [0, 0.05) is 23.6 Å². The van der Waals surface area contributed by atoms with Crippen LogP contribution < -0.4 is 5.32 Å². The molecular weight excluding hydrogens is 426 g/mol. The Balaban J connectivity index is 1.48. The number of benzene rings is 2. The second-order valence-corrected chi connectivity index (χ2v) is 8.76. The first-order valence-corrected chi connectivity index (χ1v) is 11.5. The van der Waals surface area contributed by atoms with Gasteiger partial charge in [0.25, 0.3) is 0 Å². The number of nitrogens with one attached hydrogen (secondary N) is 1. The molecule has 5 rings (SSSR count). The van der Waals surface area contributed by atoms with Crippen LogP contribution in [0.2, 0.25) is 0 Å². The molecule has 0 atom stereocenters. The van der Waals surface area contributed by atoms with Crippen LogP contribution >= 0.6 is 22.7 Å². The molecular formula is C23H19N5OS2. The van der Waals surface area contributed by atoms with Crippen LogP contribution in [0.4, 0.5) is 5.82 Å². The Hall–Kier alpha value is -3.20.